The number of hydrogen-bond acceptors (Lipinski definition) is 4. The summed E-state index contributed by atoms with van der Waals surface area (Å²) in [6.07, 6.45) is 5.79. The minimum absolute atomic E-state index is 0.913. The van der Waals surface area contributed by atoms with Crippen molar-refractivity contribution in [2.24, 2.45) is 4.99 Å². The van der Waals surface area contributed by atoms with Crippen molar-refractivity contribution in [1.29, 1.82) is 0 Å². The van der Waals surface area contributed by atoms with Gasteiger partial charge in [0.1, 0.15) is 0 Å². The van der Waals surface area contributed by atoms with Crippen LogP contribution in [0.15, 0.2) is 29.5 Å². The van der Waals surface area contributed by atoms with Crippen LogP contribution in [-0.2, 0) is 6.42 Å². The lowest BCUT2D eigenvalue weighted by molar-refractivity contribution is 0.700. The predicted molar refractivity (Wildman–Crippen MR) is 60.9 cm³/mol. The first kappa shape index (κ1) is 9.96. The molecular formula is C11H16N4. The van der Waals surface area contributed by atoms with Crippen molar-refractivity contribution < 1.29 is 0 Å². The van der Waals surface area contributed by atoms with Crippen LogP contribution in [0.3, 0.4) is 0 Å². The Bertz CT molecular complexity index is 321. The van der Waals surface area contributed by atoms with Crippen molar-refractivity contribution >= 4 is 5.96 Å². The number of aromatic nitrogens is 1. The zero-order chi connectivity index (χ0) is 10.3. The normalized spacial score (nSPS) is 15.3. The quantitative estimate of drug-likeness (QED) is 0.756. The summed E-state index contributed by atoms with van der Waals surface area (Å²) in [7, 11) is 0. The zero-order valence-electron chi connectivity index (χ0n) is 8.74. The Morgan fingerprint density at radius 3 is 2.93 bits per heavy atom. The van der Waals surface area contributed by atoms with Gasteiger partial charge in [-0.2, -0.15) is 0 Å². The van der Waals surface area contributed by atoms with Crippen LogP contribution in [-0.4, -0.2) is 30.6 Å². The summed E-state index contributed by atoms with van der Waals surface area (Å²) in [4.78, 5) is 8.33. The van der Waals surface area contributed by atoms with E-state index in [1.54, 1.807) is 0 Å². The second-order valence-electron chi connectivity index (χ2n) is 3.54. The van der Waals surface area contributed by atoms with Crippen molar-refractivity contribution in [3.05, 3.63) is 30.1 Å². The van der Waals surface area contributed by atoms with Crippen LogP contribution in [0.25, 0.3) is 0 Å². The molecule has 0 fully saturated rings. The van der Waals surface area contributed by atoms with Gasteiger partial charge in [-0.1, -0.05) is 0 Å². The van der Waals surface area contributed by atoms with Crippen LogP contribution in [0.4, 0.5) is 0 Å². The van der Waals surface area contributed by atoms with E-state index in [2.05, 4.69) is 20.6 Å². The highest BCUT2D eigenvalue weighted by Crippen LogP contribution is 1.96. The molecule has 0 saturated carbocycles. The highest BCUT2D eigenvalue weighted by Gasteiger charge is 2.01. The third-order valence-corrected chi connectivity index (χ3v) is 2.35. The minimum atomic E-state index is 0.913. The van der Waals surface area contributed by atoms with Crippen molar-refractivity contribution in [2.45, 2.75) is 12.8 Å². The van der Waals surface area contributed by atoms with Crippen LogP contribution >= 0.6 is 0 Å². The average Bonchev–Trinajstić information content (AvgIpc) is 2.32. The van der Waals surface area contributed by atoms with E-state index < -0.39 is 0 Å². The van der Waals surface area contributed by atoms with Crippen LogP contribution in [0, 0.1) is 0 Å². The van der Waals surface area contributed by atoms with E-state index >= 15 is 0 Å². The lowest BCUT2D eigenvalue weighted by atomic mass is 10.2. The summed E-state index contributed by atoms with van der Waals surface area (Å²) < 4.78 is 0. The molecule has 0 amide bonds. The summed E-state index contributed by atoms with van der Waals surface area (Å²) in [6, 6.07) is 4.08. The summed E-state index contributed by atoms with van der Waals surface area (Å²) in [5.74, 6) is 0.940. The number of guanidine groups is 1. The Kier molecular flexibility index (Phi) is 3.54. The fourth-order valence-electron chi connectivity index (χ4n) is 1.53. The van der Waals surface area contributed by atoms with Crippen LogP contribution < -0.4 is 10.6 Å². The van der Waals surface area contributed by atoms with E-state index in [1.807, 2.05) is 24.5 Å². The van der Waals surface area contributed by atoms with Crippen molar-refractivity contribution in [3.63, 3.8) is 0 Å². The SMILES string of the molecule is c1cc(CCNC2=NCCCN2)ccn1. The Morgan fingerprint density at radius 2 is 2.20 bits per heavy atom. The molecule has 0 bridgehead atoms. The fourth-order valence-corrected chi connectivity index (χ4v) is 1.53. The van der Waals surface area contributed by atoms with Gasteiger partial charge in [0, 0.05) is 32.0 Å². The highest BCUT2D eigenvalue weighted by atomic mass is 15.2. The van der Waals surface area contributed by atoms with Gasteiger partial charge in [-0.05, 0) is 30.5 Å². The number of aliphatic imine (C=N–C) groups is 1. The highest BCUT2D eigenvalue weighted by molar-refractivity contribution is 5.80. The van der Waals surface area contributed by atoms with Gasteiger partial charge in [0.05, 0.1) is 0 Å². The van der Waals surface area contributed by atoms with E-state index in [0.717, 1.165) is 38.4 Å². The zero-order valence-corrected chi connectivity index (χ0v) is 8.74. The molecular weight excluding hydrogens is 188 g/mol. The van der Waals surface area contributed by atoms with Crippen LogP contribution in [0.2, 0.25) is 0 Å². The summed E-state index contributed by atoms with van der Waals surface area (Å²) in [6.45, 7) is 2.88. The third kappa shape index (κ3) is 3.23. The Morgan fingerprint density at radius 1 is 1.33 bits per heavy atom. The molecule has 1 aromatic rings. The van der Waals surface area contributed by atoms with Crippen LogP contribution in [0.1, 0.15) is 12.0 Å². The number of nitrogens with one attached hydrogen (secondary N) is 2. The van der Waals surface area contributed by atoms with E-state index in [1.165, 1.54) is 5.56 Å². The van der Waals surface area contributed by atoms with E-state index in [-0.39, 0.29) is 0 Å². The Hall–Kier alpha value is -1.58. The first-order chi connectivity index (χ1) is 7.45. The van der Waals surface area contributed by atoms with Gasteiger partial charge in [-0.3, -0.25) is 9.98 Å². The molecule has 0 spiro atoms. The van der Waals surface area contributed by atoms with Crippen molar-refractivity contribution in [1.82, 2.24) is 15.6 Å². The van der Waals surface area contributed by atoms with E-state index in [0.29, 0.717) is 0 Å². The molecule has 4 heteroatoms. The molecule has 4 nitrogen and oxygen atoms in total. The first-order valence-corrected chi connectivity index (χ1v) is 5.36. The predicted octanol–water partition coefficient (Wildman–Crippen LogP) is 0.563. The standard InChI is InChI=1S/C11H16N4/c1-5-13-11(14-6-1)15-9-4-10-2-7-12-8-3-10/h2-3,7-8H,1,4-6,9H2,(H2,13,14,15). The van der Waals surface area contributed by atoms with Gasteiger partial charge in [0.15, 0.2) is 5.96 Å². The molecule has 2 N–H and O–H groups in total. The molecule has 1 aliphatic rings. The monoisotopic (exact) mass is 204 g/mol. The molecule has 0 unspecified atom stereocenters. The smallest absolute Gasteiger partial charge is 0.191 e. The molecule has 0 radical (unpaired) electrons. The van der Waals surface area contributed by atoms with Gasteiger partial charge in [-0.25, -0.2) is 0 Å². The number of nitrogens with zero attached hydrogens (tertiary/aromatic N) is 2. The molecule has 80 valence electrons. The molecule has 2 heterocycles. The van der Waals surface area contributed by atoms with Gasteiger partial charge >= 0.3 is 0 Å². The minimum Gasteiger partial charge on any atom is -0.356 e. The molecule has 0 aliphatic carbocycles. The second-order valence-corrected chi connectivity index (χ2v) is 3.54. The van der Waals surface area contributed by atoms with Crippen LogP contribution in [0.5, 0.6) is 0 Å². The summed E-state index contributed by atoms with van der Waals surface area (Å²) in [5.41, 5.74) is 1.30. The second kappa shape index (κ2) is 5.34. The Labute approximate surface area is 89.8 Å². The molecule has 15 heavy (non-hydrogen) atoms. The number of rotatable bonds is 3. The molecule has 1 aliphatic heterocycles. The van der Waals surface area contributed by atoms with Gasteiger partial charge in [0.25, 0.3) is 0 Å². The lowest BCUT2D eigenvalue weighted by Crippen LogP contribution is -2.41. The van der Waals surface area contributed by atoms with Gasteiger partial charge in [-0.15, -0.1) is 0 Å². The van der Waals surface area contributed by atoms with Crippen molar-refractivity contribution in [2.75, 3.05) is 19.6 Å². The fraction of sp³-hybridized carbons (Fsp3) is 0.455. The van der Waals surface area contributed by atoms with Gasteiger partial charge < -0.3 is 10.6 Å². The largest absolute Gasteiger partial charge is 0.356 e. The Balaban J connectivity index is 1.73. The maximum Gasteiger partial charge on any atom is 0.191 e. The molecule has 2 rings (SSSR count). The van der Waals surface area contributed by atoms with E-state index in [4.69, 9.17) is 0 Å². The molecule has 1 aromatic heterocycles. The molecule has 0 saturated heterocycles. The maximum atomic E-state index is 4.34. The number of hydrogen-bond donors (Lipinski definition) is 2. The maximum absolute atomic E-state index is 4.34. The van der Waals surface area contributed by atoms with E-state index in [9.17, 15) is 0 Å². The van der Waals surface area contributed by atoms with Gasteiger partial charge in [0.2, 0.25) is 0 Å². The van der Waals surface area contributed by atoms with Crippen molar-refractivity contribution in [3.8, 4) is 0 Å². The topological polar surface area (TPSA) is 49.3 Å². The number of pyridine rings is 1. The molecule has 0 aromatic carbocycles. The first-order valence-electron chi connectivity index (χ1n) is 5.36. The summed E-state index contributed by atoms with van der Waals surface area (Å²) in [5, 5.41) is 6.52. The molecule has 0 atom stereocenters. The third-order valence-electron chi connectivity index (χ3n) is 2.35. The average molecular weight is 204 g/mol. The lowest BCUT2D eigenvalue weighted by Gasteiger charge is -2.15. The summed E-state index contributed by atoms with van der Waals surface area (Å²) >= 11 is 0.